The number of pyridine rings is 1. The van der Waals surface area contributed by atoms with Crippen LogP contribution in [0.15, 0.2) is 48.9 Å². The Labute approximate surface area is 164 Å². The lowest BCUT2D eigenvalue weighted by Gasteiger charge is -2.08. The average molecular weight is 399 g/mol. The molecule has 0 saturated carbocycles. The second kappa shape index (κ2) is 8.31. The molecule has 3 amide bonds. The molecular formula is C18H15ClN6O3. The minimum absolute atomic E-state index is 0.00256. The van der Waals surface area contributed by atoms with Crippen molar-refractivity contribution in [3.63, 3.8) is 0 Å². The van der Waals surface area contributed by atoms with Crippen molar-refractivity contribution in [1.82, 2.24) is 20.3 Å². The third kappa shape index (κ3) is 4.15. The van der Waals surface area contributed by atoms with Crippen LogP contribution in [-0.4, -0.2) is 39.7 Å². The van der Waals surface area contributed by atoms with E-state index in [9.17, 15) is 14.4 Å². The van der Waals surface area contributed by atoms with Gasteiger partial charge in [-0.2, -0.15) is 0 Å². The van der Waals surface area contributed by atoms with Crippen LogP contribution in [0.2, 0.25) is 5.15 Å². The normalized spacial score (nSPS) is 10.2. The summed E-state index contributed by atoms with van der Waals surface area (Å²) >= 11 is 5.91. The predicted molar refractivity (Wildman–Crippen MR) is 104 cm³/mol. The fourth-order valence-electron chi connectivity index (χ4n) is 2.34. The van der Waals surface area contributed by atoms with Crippen LogP contribution in [-0.2, 0) is 0 Å². The largest absolute Gasteiger partial charge is 0.354 e. The molecule has 0 fully saturated rings. The molecule has 10 heteroatoms. The van der Waals surface area contributed by atoms with Crippen LogP contribution in [0.4, 0.5) is 11.4 Å². The van der Waals surface area contributed by atoms with Gasteiger partial charge in [-0.05, 0) is 36.4 Å². The molecule has 0 aliphatic heterocycles. The Morgan fingerprint density at radius 1 is 0.929 bits per heavy atom. The molecule has 9 nitrogen and oxygen atoms in total. The zero-order valence-electron chi connectivity index (χ0n) is 14.6. The van der Waals surface area contributed by atoms with Gasteiger partial charge in [-0.3, -0.25) is 14.4 Å². The van der Waals surface area contributed by atoms with E-state index in [0.717, 1.165) is 0 Å². The quantitative estimate of drug-likeness (QED) is 0.490. The molecule has 3 aromatic rings. The lowest BCUT2D eigenvalue weighted by Crippen LogP contribution is -2.23. The monoisotopic (exact) mass is 398 g/mol. The highest BCUT2D eigenvalue weighted by Gasteiger charge is 2.19. The van der Waals surface area contributed by atoms with Gasteiger partial charge in [0.1, 0.15) is 10.8 Å². The summed E-state index contributed by atoms with van der Waals surface area (Å²) in [4.78, 5) is 46.6. The minimum Gasteiger partial charge on any atom is -0.354 e. The highest BCUT2D eigenvalue weighted by molar-refractivity contribution is 6.33. The standard InChI is InChI=1S/C18H15ClN6O3/c1-20-17(27)13-14(23-9-22-13)18(28)25-11-6-4-10(5-7-11)24-16(26)12-3-2-8-21-15(12)19/h2-9H,1H3,(H,20,27)(H,22,23)(H,24,26)(H,25,28). The number of amides is 3. The Morgan fingerprint density at radius 2 is 1.57 bits per heavy atom. The number of aromatic amines is 1. The van der Waals surface area contributed by atoms with Crippen LogP contribution < -0.4 is 16.0 Å². The van der Waals surface area contributed by atoms with Crippen LogP contribution in [0.1, 0.15) is 31.3 Å². The van der Waals surface area contributed by atoms with E-state index >= 15 is 0 Å². The van der Waals surface area contributed by atoms with Crippen molar-refractivity contribution in [2.45, 2.75) is 0 Å². The number of hydrogen-bond acceptors (Lipinski definition) is 5. The van der Waals surface area contributed by atoms with Gasteiger partial charge in [-0.25, -0.2) is 9.97 Å². The van der Waals surface area contributed by atoms with Crippen LogP contribution in [0.3, 0.4) is 0 Å². The van der Waals surface area contributed by atoms with Crippen molar-refractivity contribution in [3.05, 3.63) is 71.0 Å². The molecule has 28 heavy (non-hydrogen) atoms. The molecule has 2 aromatic heterocycles. The number of carbonyl (C=O) groups is 3. The van der Waals surface area contributed by atoms with Crippen LogP contribution in [0, 0.1) is 0 Å². The van der Waals surface area contributed by atoms with Crippen LogP contribution >= 0.6 is 11.6 Å². The third-order valence-corrected chi connectivity index (χ3v) is 4.01. The van der Waals surface area contributed by atoms with E-state index in [-0.39, 0.29) is 22.1 Å². The predicted octanol–water partition coefficient (Wildman–Crippen LogP) is 2.32. The van der Waals surface area contributed by atoms with E-state index in [1.165, 1.54) is 19.6 Å². The van der Waals surface area contributed by atoms with E-state index in [2.05, 4.69) is 30.9 Å². The van der Waals surface area contributed by atoms with Gasteiger partial charge in [-0.15, -0.1) is 0 Å². The first-order valence-corrected chi connectivity index (χ1v) is 8.46. The van der Waals surface area contributed by atoms with Gasteiger partial charge in [0.15, 0.2) is 5.69 Å². The first-order chi connectivity index (χ1) is 13.5. The van der Waals surface area contributed by atoms with Crippen molar-refractivity contribution in [2.75, 3.05) is 17.7 Å². The molecule has 0 spiro atoms. The molecule has 0 aliphatic rings. The molecule has 0 aliphatic carbocycles. The summed E-state index contributed by atoms with van der Waals surface area (Å²) in [5, 5.41) is 7.87. The Balaban J connectivity index is 1.67. The Morgan fingerprint density at radius 3 is 2.18 bits per heavy atom. The minimum atomic E-state index is -0.518. The van der Waals surface area contributed by atoms with Gasteiger partial charge >= 0.3 is 0 Å². The Kier molecular flexibility index (Phi) is 5.66. The van der Waals surface area contributed by atoms with Gasteiger partial charge in [0.2, 0.25) is 0 Å². The number of benzene rings is 1. The van der Waals surface area contributed by atoms with Crippen LogP contribution in [0.5, 0.6) is 0 Å². The number of rotatable bonds is 5. The number of imidazole rings is 1. The number of H-pyrrole nitrogens is 1. The zero-order valence-corrected chi connectivity index (χ0v) is 15.4. The summed E-state index contributed by atoms with van der Waals surface area (Å²) in [7, 11) is 1.45. The SMILES string of the molecule is CNC(=O)c1nc[nH]c1C(=O)Nc1ccc(NC(=O)c2cccnc2Cl)cc1. The van der Waals surface area contributed by atoms with Gasteiger partial charge in [-0.1, -0.05) is 11.6 Å². The average Bonchev–Trinajstić information content (AvgIpc) is 3.19. The maximum Gasteiger partial charge on any atom is 0.274 e. The van der Waals surface area contributed by atoms with Gasteiger partial charge in [0, 0.05) is 24.6 Å². The topological polar surface area (TPSA) is 129 Å². The molecule has 1 aromatic carbocycles. The van der Waals surface area contributed by atoms with E-state index < -0.39 is 17.7 Å². The summed E-state index contributed by atoms with van der Waals surface area (Å²) in [5.41, 5.74) is 1.28. The Hall–Kier alpha value is -3.72. The smallest absolute Gasteiger partial charge is 0.274 e. The molecule has 0 radical (unpaired) electrons. The molecular weight excluding hydrogens is 384 g/mol. The number of aromatic nitrogens is 3. The van der Waals surface area contributed by atoms with Crippen LogP contribution in [0.25, 0.3) is 0 Å². The van der Waals surface area contributed by atoms with Crippen molar-refractivity contribution < 1.29 is 14.4 Å². The van der Waals surface area contributed by atoms with E-state index in [1.807, 2.05) is 0 Å². The highest BCUT2D eigenvalue weighted by Crippen LogP contribution is 2.18. The number of halogens is 1. The number of hydrogen-bond donors (Lipinski definition) is 4. The van der Waals surface area contributed by atoms with Gasteiger partial charge in [0.25, 0.3) is 17.7 Å². The first-order valence-electron chi connectivity index (χ1n) is 8.08. The van der Waals surface area contributed by atoms with Crippen molar-refractivity contribution in [2.24, 2.45) is 0 Å². The van der Waals surface area contributed by atoms with Gasteiger partial charge in [0.05, 0.1) is 11.9 Å². The second-order valence-corrected chi connectivity index (χ2v) is 5.89. The summed E-state index contributed by atoms with van der Waals surface area (Å²) in [6.45, 7) is 0. The lowest BCUT2D eigenvalue weighted by molar-refractivity contribution is 0.0943. The number of carbonyl (C=O) groups excluding carboxylic acids is 3. The Bertz CT molecular complexity index is 1030. The summed E-state index contributed by atoms with van der Waals surface area (Å²) in [5.74, 6) is -1.39. The maximum absolute atomic E-state index is 12.3. The van der Waals surface area contributed by atoms with E-state index in [0.29, 0.717) is 11.4 Å². The number of nitrogens with one attached hydrogen (secondary N) is 4. The summed E-state index contributed by atoms with van der Waals surface area (Å²) in [6, 6.07) is 9.62. The first kappa shape index (κ1) is 19.1. The third-order valence-electron chi connectivity index (χ3n) is 3.71. The fraction of sp³-hybridized carbons (Fsp3) is 0.0556. The number of nitrogens with zero attached hydrogens (tertiary/aromatic N) is 2. The van der Waals surface area contributed by atoms with Crippen molar-refractivity contribution in [1.29, 1.82) is 0 Å². The van der Waals surface area contributed by atoms with E-state index in [4.69, 9.17) is 11.6 Å². The molecule has 2 heterocycles. The second-order valence-electron chi connectivity index (χ2n) is 5.53. The molecule has 0 unspecified atom stereocenters. The molecule has 0 saturated heterocycles. The maximum atomic E-state index is 12.3. The fourth-order valence-corrected chi connectivity index (χ4v) is 2.55. The molecule has 0 atom stereocenters. The highest BCUT2D eigenvalue weighted by atomic mass is 35.5. The molecule has 0 bridgehead atoms. The number of anilines is 2. The van der Waals surface area contributed by atoms with Crippen molar-refractivity contribution in [3.8, 4) is 0 Å². The zero-order chi connectivity index (χ0) is 20.1. The molecule has 3 rings (SSSR count). The molecule has 142 valence electrons. The molecule has 4 N–H and O–H groups in total. The summed E-state index contributed by atoms with van der Waals surface area (Å²) < 4.78 is 0. The summed E-state index contributed by atoms with van der Waals surface area (Å²) in [6.07, 6.45) is 2.76. The lowest BCUT2D eigenvalue weighted by atomic mass is 10.2. The van der Waals surface area contributed by atoms with E-state index in [1.54, 1.807) is 36.4 Å². The van der Waals surface area contributed by atoms with Gasteiger partial charge < -0.3 is 20.9 Å². The van der Waals surface area contributed by atoms with Crippen molar-refractivity contribution >= 4 is 40.7 Å².